The molecule has 2 aromatic rings. The summed E-state index contributed by atoms with van der Waals surface area (Å²) >= 11 is 0. The van der Waals surface area contributed by atoms with E-state index in [4.69, 9.17) is 0 Å². The van der Waals surface area contributed by atoms with Gasteiger partial charge in [0.1, 0.15) is 0 Å². The van der Waals surface area contributed by atoms with Gasteiger partial charge in [0.15, 0.2) is 11.6 Å². The predicted molar refractivity (Wildman–Crippen MR) is 81.3 cm³/mol. The Balaban J connectivity index is 1.91. The van der Waals surface area contributed by atoms with Gasteiger partial charge >= 0.3 is 6.03 Å². The molecule has 116 valence electrons. The molecule has 0 aromatic heterocycles. The van der Waals surface area contributed by atoms with Crippen LogP contribution in [0.2, 0.25) is 0 Å². The van der Waals surface area contributed by atoms with Crippen molar-refractivity contribution in [3.05, 3.63) is 70.8 Å². The molecule has 22 heavy (non-hydrogen) atoms. The number of nitrogens with one attached hydrogen (secondary N) is 2. The third-order valence-corrected chi connectivity index (χ3v) is 3.49. The Morgan fingerprint density at radius 1 is 1.14 bits per heavy atom. The Bertz CT molecular complexity index is 673. The summed E-state index contributed by atoms with van der Waals surface area (Å²) in [5.74, 6) is -1.83. The van der Waals surface area contributed by atoms with E-state index in [2.05, 4.69) is 10.6 Å². The average molecular weight is 304 g/mol. The third kappa shape index (κ3) is 4.04. The van der Waals surface area contributed by atoms with Gasteiger partial charge in [-0.2, -0.15) is 0 Å². The van der Waals surface area contributed by atoms with E-state index in [0.29, 0.717) is 12.1 Å². The van der Waals surface area contributed by atoms with Crippen LogP contribution in [0.4, 0.5) is 13.6 Å². The first kappa shape index (κ1) is 15.9. The van der Waals surface area contributed by atoms with Crippen molar-refractivity contribution in [2.45, 2.75) is 26.4 Å². The van der Waals surface area contributed by atoms with Gasteiger partial charge in [-0.15, -0.1) is 0 Å². The van der Waals surface area contributed by atoms with Crippen LogP contribution in [-0.4, -0.2) is 6.03 Å². The molecule has 0 saturated carbocycles. The molecule has 2 rings (SSSR count). The largest absolute Gasteiger partial charge is 0.334 e. The molecular weight excluding hydrogens is 286 g/mol. The first-order valence-corrected chi connectivity index (χ1v) is 7.01. The summed E-state index contributed by atoms with van der Waals surface area (Å²) in [6.07, 6.45) is 0. The highest BCUT2D eigenvalue weighted by atomic mass is 19.2. The van der Waals surface area contributed by atoms with Crippen molar-refractivity contribution in [2.75, 3.05) is 0 Å². The lowest BCUT2D eigenvalue weighted by atomic mass is 10.1. The second-order valence-corrected chi connectivity index (χ2v) is 5.15. The molecule has 0 spiro atoms. The van der Waals surface area contributed by atoms with E-state index < -0.39 is 17.7 Å². The zero-order chi connectivity index (χ0) is 16.1. The molecule has 0 fully saturated rings. The normalized spacial score (nSPS) is 11.8. The van der Waals surface area contributed by atoms with Crippen molar-refractivity contribution < 1.29 is 13.6 Å². The predicted octanol–water partition coefficient (Wildman–Crippen LogP) is 3.83. The molecule has 5 heteroatoms. The zero-order valence-electron chi connectivity index (χ0n) is 12.5. The van der Waals surface area contributed by atoms with Crippen molar-refractivity contribution in [3.8, 4) is 0 Å². The quantitative estimate of drug-likeness (QED) is 0.885. The van der Waals surface area contributed by atoms with Gasteiger partial charge in [0.05, 0.1) is 6.04 Å². The number of amides is 2. The van der Waals surface area contributed by atoms with Crippen molar-refractivity contribution in [2.24, 2.45) is 0 Å². The van der Waals surface area contributed by atoms with Crippen molar-refractivity contribution in [3.63, 3.8) is 0 Å². The molecule has 2 N–H and O–H groups in total. The number of carbonyl (C=O) groups is 1. The number of rotatable bonds is 4. The first-order chi connectivity index (χ1) is 10.5. The summed E-state index contributed by atoms with van der Waals surface area (Å²) in [7, 11) is 0. The van der Waals surface area contributed by atoms with Crippen LogP contribution in [0.25, 0.3) is 0 Å². The van der Waals surface area contributed by atoms with Crippen LogP contribution in [0.15, 0.2) is 42.5 Å². The highest BCUT2D eigenvalue weighted by Gasteiger charge is 2.12. The van der Waals surface area contributed by atoms with E-state index in [0.717, 1.165) is 23.3 Å². The molecule has 1 atom stereocenters. The molecule has 0 aliphatic carbocycles. The molecule has 0 radical (unpaired) electrons. The molecule has 2 aromatic carbocycles. The van der Waals surface area contributed by atoms with Gasteiger partial charge in [0.25, 0.3) is 0 Å². The number of urea groups is 1. The van der Waals surface area contributed by atoms with Crippen LogP contribution in [0, 0.1) is 18.6 Å². The van der Waals surface area contributed by atoms with E-state index in [-0.39, 0.29) is 6.03 Å². The fraction of sp³-hybridized carbons (Fsp3) is 0.235. The van der Waals surface area contributed by atoms with Crippen molar-refractivity contribution in [1.82, 2.24) is 10.6 Å². The standard InChI is InChI=1S/C17H18F2N2O/c1-11-5-3-4-6-14(11)10-20-17(22)21-12(2)13-7-8-15(18)16(19)9-13/h3-9,12H,10H2,1-2H3,(H2,20,21,22). The summed E-state index contributed by atoms with van der Waals surface area (Å²) in [5, 5.41) is 5.44. The number of halogens is 2. The van der Waals surface area contributed by atoms with Crippen LogP contribution in [0.1, 0.15) is 29.7 Å². The molecular formula is C17H18F2N2O. The van der Waals surface area contributed by atoms with Crippen LogP contribution >= 0.6 is 0 Å². The van der Waals surface area contributed by atoms with Gasteiger partial charge in [-0.1, -0.05) is 30.3 Å². The van der Waals surface area contributed by atoms with Crippen molar-refractivity contribution >= 4 is 6.03 Å². The van der Waals surface area contributed by atoms with Gasteiger partial charge in [0, 0.05) is 6.54 Å². The summed E-state index contributed by atoms with van der Waals surface area (Å²) in [6.45, 7) is 4.09. The number of benzene rings is 2. The minimum Gasteiger partial charge on any atom is -0.334 e. The van der Waals surface area contributed by atoms with Gasteiger partial charge in [-0.3, -0.25) is 0 Å². The van der Waals surface area contributed by atoms with E-state index in [1.54, 1.807) is 6.92 Å². The number of hydrogen-bond acceptors (Lipinski definition) is 1. The lowest BCUT2D eigenvalue weighted by Crippen LogP contribution is -2.36. The number of hydrogen-bond donors (Lipinski definition) is 2. The van der Waals surface area contributed by atoms with Gasteiger partial charge in [-0.05, 0) is 42.7 Å². The van der Waals surface area contributed by atoms with Crippen LogP contribution in [-0.2, 0) is 6.54 Å². The molecule has 0 bridgehead atoms. The van der Waals surface area contributed by atoms with Crippen LogP contribution in [0.5, 0.6) is 0 Å². The average Bonchev–Trinajstić information content (AvgIpc) is 2.49. The maximum Gasteiger partial charge on any atom is 0.315 e. The van der Waals surface area contributed by atoms with E-state index in [9.17, 15) is 13.6 Å². The summed E-state index contributed by atoms with van der Waals surface area (Å²) in [4.78, 5) is 11.9. The Kier molecular flexibility index (Phi) is 5.09. The maximum atomic E-state index is 13.2. The zero-order valence-corrected chi connectivity index (χ0v) is 12.5. The molecule has 0 aliphatic rings. The number of carbonyl (C=O) groups excluding carboxylic acids is 1. The van der Waals surface area contributed by atoms with Crippen LogP contribution < -0.4 is 10.6 Å². The monoisotopic (exact) mass is 304 g/mol. The Hall–Kier alpha value is -2.43. The molecule has 1 unspecified atom stereocenters. The van der Waals surface area contributed by atoms with Crippen LogP contribution in [0.3, 0.4) is 0 Å². The minimum absolute atomic E-state index is 0.361. The summed E-state index contributed by atoms with van der Waals surface area (Å²) < 4.78 is 26.1. The Labute approximate surface area is 128 Å². The fourth-order valence-corrected chi connectivity index (χ4v) is 2.10. The fourth-order valence-electron chi connectivity index (χ4n) is 2.10. The van der Waals surface area contributed by atoms with Gasteiger partial charge in [-0.25, -0.2) is 13.6 Å². The first-order valence-electron chi connectivity index (χ1n) is 7.01. The smallest absolute Gasteiger partial charge is 0.315 e. The summed E-state index contributed by atoms with van der Waals surface area (Å²) in [5.41, 5.74) is 2.62. The lowest BCUT2D eigenvalue weighted by Gasteiger charge is -2.15. The molecule has 0 saturated heterocycles. The summed E-state index contributed by atoms with van der Waals surface area (Å²) in [6, 6.07) is 10.6. The molecule has 3 nitrogen and oxygen atoms in total. The highest BCUT2D eigenvalue weighted by Crippen LogP contribution is 2.15. The van der Waals surface area contributed by atoms with E-state index in [1.165, 1.54) is 6.07 Å². The van der Waals surface area contributed by atoms with Gasteiger partial charge in [0.2, 0.25) is 0 Å². The molecule has 0 heterocycles. The van der Waals surface area contributed by atoms with E-state index >= 15 is 0 Å². The Morgan fingerprint density at radius 3 is 2.55 bits per heavy atom. The molecule has 0 aliphatic heterocycles. The number of aryl methyl sites for hydroxylation is 1. The topological polar surface area (TPSA) is 41.1 Å². The second-order valence-electron chi connectivity index (χ2n) is 5.15. The highest BCUT2D eigenvalue weighted by molar-refractivity contribution is 5.74. The maximum absolute atomic E-state index is 13.2. The van der Waals surface area contributed by atoms with Crippen molar-refractivity contribution in [1.29, 1.82) is 0 Å². The minimum atomic E-state index is -0.925. The lowest BCUT2D eigenvalue weighted by molar-refractivity contribution is 0.237. The Morgan fingerprint density at radius 2 is 1.86 bits per heavy atom. The SMILES string of the molecule is Cc1ccccc1CNC(=O)NC(C)c1ccc(F)c(F)c1. The molecule has 2 amide bonds. The third-order valence-electron chi connectivity index (χ3n) is 3.49. The van der Waals surface area contributed by atoms with Gasteiger partial charge < -0.3 is 10.6 Å². The second kappa shape index (κ2) is 7.02. The van der Waals surface area contributed by atoms with E-state index in [1.807, 2.05) is 31.2 Å².